The van der Waals surface area contributed by atoms with Crippen molar-refractivity contribution in [3.8, 4) is 0 Å². The van der Waals surface area contributed by atoms with Crippen LogP contribution >= 0.6 is 31.9 Å². The predicted molar refractivity (Wildman–Crippen MR) is 92.9 cm³/mol. The largest absolute Gasteiger partial charge is 0.303 e. The summed E-state index contributed by atoms with van der Waals surface area (Å²) in [5.41, 5.74) is 2.62. The molecule has 0 heterocycles. The van der Waals surface area contributed by atoms with Gasteiger partial charge in [0.15, 0.2) is 0 Å². The molecule has 0 spiro atoms. The standard InChI is InChI=1S/C17H19Br2N/c1-3-17(13-8-10-14(18)11-9-13)20-12(2)15-6-4-5-7-16(15)19/h4-12,17,20H,3H2,1-2H3/t12-,17?/m1/s1. The van der Waals surface area contributed by atoms with Crippen LogP contribution in [0.1, 0.15) is 43.5 Å². The van der Waals surface area contributed by atoms with Crippen LogP contribution in [0.5, 0.6) is 0 Å². The Morgan fingerprint density at radius 1 is 1.00 bits per heavy atom. The first-order chi connectivity index (χ1) is 9.61. The van der Waals surface area contributed by atoms with E-state index in [2.05, 4.69) is 93.5 Å². The molecule has 106 valence electrons. The highest BCUT2D eigenvalue weighted by Crippen LogP contribution is 2.27. The van der Waals surface area contributed by atoms with Gasteiger partial charge in [-0.1, -0.05) is 69.1 Å². The summed E-state index contributed by atoms with van der Waals surface area (Å²) in [5, 5.41) is 3.71. The molecule has 1 nitrogen and oxygen atoms in total. The van der Waals surface area contributed by atoms with Crippen LogP contribution in [0.15, 0.2) is 57.5 Å². The second-order valence-electron chi connectivity index (χ2n) is 4.92. The summed E-state index contributed by atoms with van der Waals surface area (Å²) in [5.74, 6) is 0. The molecule has 0 fully saturated rings. The molecule has 0 saturated carbocycles. The van der Waals surface area contributed by atoms with Gasteiger partial charge in [0.1, 0.15) is 0 Å². The fraction of sp³-hybridized carbons (Fsp3) is 0.294. The quantitative estimate of drug-likeness (QED) is 0.651. The topological polar surface area (TPSA) is 12.0 Å². The van der Waals surface area contributed by atoms with E-state index in [1.54, 1.807) is 0 Å². The van der Waals surface area contributed by atoms with Crippen molar-refractivity contribution in [3.05, 3.63) is 68.6 Å². The molecule has 1 unspecified atom stereocenters. The van der Waals surface area contributed by atoms with E-state index >= 15 is 0 Å². The fourth-order valence-electron chi connectivity index (χ4n) is 2.36. The average Bonchev–Trinajstić information content (AvgIpc) is 2.46. The van der Waals surface area contributed by atoms with Gasteiger partial charge in [-0.2, -0.15) is 0 Å². The van der Waals surface area contributed by atoms with Gasteiger partial charge in [0.05, 0.1) is 0 Å². The van der Waals surface area contributed by atoms with Crippen molar-refractivity contribution in [1.82, 2.24) is 5.32 Å². The average molecular weight is 397 g/mol. The summed E-state index contributed by atoms with van der Waals surface area (Å²) < 4.78 is 2.28. The smallest absolute Gasteiger partial charge is 0.0323 e. The van der Waals surface area contributed by atoms with Gasteiger partial charge in [-0.15, -0.1) is 0 Å². The minimum atomic E-state index is 0.305. The molecule has 2 aromatic rings. The Bertz CT molecular complexity index is 551. The van der Waals surface area contributed by atoms with E-state index in [4.69, 9.17) is 0 Å². The summed E-state index contributed by atoms with van der Waals surface area (Å²) >= 11 is 7.12. The first kappa shape index (κ1) is 15.7. The summed E-state index contributed by atoms with van der Waals surface area (Å²) in [6.07, 6.45) is 1.07. The summed E-state index contributed by atoms with van der Waals surface area (Å²) in [6.45, 7) is 4.42. The van der Waals surface area contributed by atoms with Crippen LogP contribution < -0.4 is 5.32 Å². The highest BCUT2D eigenvalue weighted by molar-refractivity contribution is 9.10. The first-order valence-electron chi connectivity index (χ1n) is 6.87. The van der Waals surface area contributed by atoms with Crippen molar-refractivity contribution in [2.24, 2.45) is 0 Å². The van der Waals surface area contributed by atoms with E-state index in [0.29, 0.717) is 12.1 Å². The first-order valence-corrected chi connectivity index (χ1v) is 8.46. The second kappa shape index (κ2) is 7.39. The van der Waals surface area contributed by atoms with Gasteiger partial charge in [-0.25, -0.2) is 0 Å². The molecule has 3 heteroatoms. The van der Waals surface area contributed by atoms with Gasteiger partial charge < -0.3 is 5.32 Å². The number of halogens is 2. The van der Waals surface area contributed by atoms with E-state index < -0.39 is 0 Å². The number of nitrogens with one attached hydrogen (secondary N) is 1. The van der Waals surface area contributed by atoms with Gasteiger partial charge in [0.2, 0.25) is 0 Å². The summed E-state index contributed by atoms with van der Waals surface area (Å²) in [4.78, 5) is 0. The lowest BCUT2D eigenvalue weighted by atomic mass is 10.0. The van der Waals surface area contributed by atoms with Crippen LogP contribution in [-0.4, -0.2) is 0 Å². The molecule has 20 heavy (non-hydrogen) atoms. The zero-order valence-electron chi connectivity index (χ0n) is 11.7. The maximum absolute atomic E-state index is 3.71. The minimum absolute atomic E-state index is 0.305. The molecule has 0 aliphatic rings. The number of benzene rings is 2. The minimum Gasteiger partial charge on any atom is -0.303 e. The Kier molecular flexibility index (Phi) is 5.82. The monoisotopic (exact) mass is 395 g/mol. The number of hydrogen-bond donors (Lipinski definition) is 1. The highest BCUT2D eigenvalue weighted by atomic mass is 79.9. The number of hydrogen-bond acceptors (Lipinski definition) is 1. The molecule has 2 rings (SSSR count). The molecular weight excluding hydrogens is 378 g/mol. The number of rotatable bonds is 5. The third-order valence-electron chi connectivity index (χ3n) is 3.50. The zero-order chi connectivity index (χ0) is 14.5. The van der Waals surface area contributed by atoms with Crippen molar-refractivity contribution in [1.29, 1.82) is 0 Å². The Labute approximate surface area is 138 Å². The normalized spacial score (nSPS) is 14.0. The fourth-order valence-corrected chi connectivity index (χ4v) is 3.26. The lowest BCUT2D eigenvalue weighted by Gasteiger charge is -2.24. The lowest BCUT2D eigenvalue weighted by molar-refractivity contribution is 0.455. The summed E-state index contributed by atoms with van der Waals surface area (Å²) in [7, 11) is 0. The van der Waals surface area contributed by atoms with Crippen molar-refractivity contribution in [3.63, 3.8) is 0 Å². The molecule has 0 saturated heterocycles. The predicted octanol–water partition coefficient (Wildman–Crippen LogP) is 6.01. The van der Waals surface area contributed by atoms with E-state index in [1.807, 2.05) is 6.07 Å². The molecule has 0 aromatic heterocycles. The maximum Gasteiger partial charge on any atom is 0.0323 e. The maximum atomic E-state index is 3.71. The molecule has 0 radical (unpaired) electrons. The van der Waals surface area contributed by atoms with Crippen LogP contribution in [0, 0.1) is 0 Å². The van der Waals surface area contributed by atoms with Crippen molar-refractivity contribution < 1.29 is 0 Å². The third kappa shape index (κ3) is 3.94. The van der Waals surface area contributed by atoms with Gasteiger partial charge in [-0.3, -0.25) is 0 Å². The van der Waals surface area contributed by atoms with Crippen molar-refractivity contribution in [2.45, 2.75) is 32.4 Å². The Morgan fingerprint density at radius 2 is 1.65 bits per heavy atom. The Morgan fingerprint density at radius 3 is 2.25 bits per heavy atom. The zero-order valence-corrected chi connectivity index (χ0v) is 14.9. The van der Waals surface area contributed by atoms with Gasteiger partial charge >= 0.3 is 0 Å². The van der Waals surface area contributed by atoms with Crippen LogP contribution in [0.4, 0.5) is 0 Å². The van der Waals surface area contributed by atoms with Gasteiger partial charge in [0.25, 0.3) is 0 Å². The molecule has 1 N–H and O–H groups in total. The molecule has 0 aliphatic heterocycles. The van der Waals surface area contributed by atoms with E-state index in [0.717, 1.165) is 15.4 Å². The third-order valence-corrected chi connectivity index (χ3v) is 4.75. The second-order valence-corrected chi connectivity index (χ2v) is 6.69. The molecule has 2 aromatic carbocycles. The summed E-state index contributed by atoms with van der Waals surface area (Å²) in [6, 6.07) is 17.6. The Balaban J connectivity index is 2.14. The van der Waals surface area contributed by atoms with Crippen LogP contribution in [0.3, 0.4) is 0 Å². The molecule has 0 amide bonds. The Hall–Kier alpha value is -0.640. The molecule has 0 aliphatic carbocycles. The van der Waals surface area contributed by atoms with Crippen molar-refractivity contribution in [2.75, 3.05) is 0 Å². The van der Waals surface area contributed by atoms with Gasteiger partial charge in [0, 0.05) is 21.0 Å². The van der Waals surface area contributed by atoms with Crippen LogP contribution in [-0.2, 0) is 0 Å². The molecule has 2 atom stereocenters. The molecule has 0 bridgehead atoms. The van der Waals surface area contributed by atoms with Crippen molar-refractivity contribution >= 4 is 31.9 Å². The van der Waals surface area contributed by atoms with E-state index in [-0.39, 0.29) is 0 Å². The lowest BCUT2D eigenvalue weighted by Crippen LogP contribution is -2.24. The highest BCUT2D eigenvalue weighted by Gasteiger charge is 2.15. The van der Waals surface area contributed by atoms with Crippen LogP contribution in [0.2, 0.25) is 0 Å². The SMILES string of the molecule is CCC(N[C@H](C)c1ccccc1Br)c1ccc(Br)cc1. The van der Waals surface area contributed by atoms with E-state index in [1.165, 1.54) is 11.1 Å². The molecular formula is C17H19Br2N. The van der Waals surface area contributed by atoms with E-state index in [9.17, 15) is 0 Å². The van der Waals surface area contributed by atoms with Gasteiger partial charge in [-0.05, 0) is 42.7 Å². The van der Waals surface area contributed by atoms with Crippen LogP contribution in [0.25, 0.3) is 0 Å².